The number of methoxy groups -OCH3 is 1. The highest BCUT2D eigenvalue weighted by Crippen LogP contribution is 2.32. The van der Waals surface area contributed by atoms with Crippen LogP contribution >= 0.6 is 31.9 Å². The van der Waals surface area contributed by atoms with E-state index in [0.29, 0.717) is 17.2 Å². The minimum atomic E-state index is -0.517. The molecule has 0 aliphatic carbocycles. The molecule has 150 valence electrons. The van der Waals surface area contributed by atoms with Gasteiger partial charge in [-0.25, -0.2) is 0 Å². The maximum absolute atomic E-state index is 11.9. The number of benzene rings is 2. The first-order valence-electron chi connectivity index (χ1n) is 8.23. The molecule has 2 amide bonds. The molecule has 2 rings (SSSR count). The number of aryl methyl sites for hydroxylation is 2. The molecule has 0 atom stereocenters. The third-order valence-corrected chi connectivity index (χ3v) is 4.61. The molecular weight excluding hydrogens is 496 g/mol. The Kier molecular flexibility index (Phi) is 8.13. The van der Waals surface area contributed by atoms with E-state index in [1.807, 2.05) is 32.0 Å². The van der Waals surface area contributed by atoms with E-state index >= 15 is 0 Å². The van der Waals surface area contributed by atoms with E-state index < -0.39 is 11.8 Å². The number of hydrazine groups is 1. The Hall–Kier alpha value is -2.26. The molecule has 0 aliphatic rings. The van der Waals surface area contributed by atoms with E-state index in [-0.39, 0.29) is 13.2 Å². The zero-order valence-electron chi connectivity index (χ0n) is 15.6. The van der Waals surface area contributed by atoms with Crippen LogP contribution in [0.25, 0.3) is 0 Å². The predicted molar refractivity (Wildman–Crippen MR) is 112 cm³/mol. The number of hydrogen-bond acceptors (Lipinski definition) is 5. The van der Waals surface area contributed by atoms with Crippen LogP contribution < -0.4 is 25.1 Å². The summed E-state index contributed by atoms with van der Waals surface area (Å²) in [5.41, 5.74) is 6.42. The summed E-state index contributed by atoms with van der Waals surface area (Å²) in [6, 6.07) is 9.05. The van der Waals surface area contributed by atoms with E-state index in [9.17, 15) is 9.59 Å². The van der Waals surface area contributed by atoms with E-state index in [1.165, 1.54) is 7.11 Å². The van der Waals surface area contributed by atoms with Gasteiger partial charge in [0.15, 0.2) is 24.7 Å². The molecule has 0 spiro atoms. The molecule has 28 heavy (non-hydrogen) atoms. The van der Waals surface area contributed by atoms with Gasteiger partial charge in [-0.1, -0.05) is 22.0 Å². The fourth-order valence-electron chi connectivity index (χ4n) is 2.26. The Labute approximate surface area is 180 Å². The van der Waals surface area contributed by atoms with Crippen molar-refractivity contribution in [2.75, 3.05) is 20.3 Å². The molecule has 7 nitrogen and oxygen atoms in total. The molecule has 0 bridgehead atoms. The largest absolute Gasteiger partial charge is 0.493 e. The average Bonchev–Trinajstić information content (AvgIpc) is 2.64. The summed E-state index contributed by atoms with van der Waals surface area (Å²) in [6.45, 7) is 3.25. The van der Waals surface area contributed by atoms with Crippen molar-refractivity contribution in [3.63, 3.8) is 0 Å². The van der Waals surface area contributed by atoms with Gasteiger partial charge in [0.2, 0.25) is 0 Å². The van der Waals surface area contributed by atoms with Crippen LogP contribution in [0, 0.1) is 13.8 Å². The molecule has 0 saturated carbocycles. The zero-order chi connectivity index (χ0) is 20.7. The van der Waals surface area contributed by atoms with Crippen molar-refractivity contribution in [3.8, 4) is 17.2 Å². The highest BCUT2D eigenvalue weighted by Gasteiger charge is 2.11. The highest BCUT2D eigenvalue weighted by molar-refractivity contribution is 9.11. The Balaban J connectivity index is 1.78. The van der Waals surface area contributed by atoms with Crippen LogP contribution in [-0.2, 0) is 9.59 Å². The first-order valence-corrected chi connectivity index (χ1v) is 9.82. The van der Waals surface area contributed by atoms with Gasteiger partial charge in [0.25, 0.3) is 11.8 Å². The molecular formula is C19H20Br2N2O5. The maximum atomic E-state index is 11.9. The van der Waals surface area contributed by atoms with Crippen LogP contribution in [0.1, 0.15) is 11.1 Å². The van der Waals surface area contributed by atoms with Crippen molar-refractivity contribution in [2.24, 2.45) is 0 Å². The van der Waals surface area contributed by atoms with Crippen LogP contribution in [0.5, 0.6) is 17.2 Å². The monoisotopic (exact) mass is 514 g/mol. The van der Waals surface area contributed by atoms with Gasteiger partial charge in [0, 0.05) is 4.47 Å². The molecule has 2 aromatic rings. The molecule has 0 aromatic heterocycles. The lowest BCUT2D eigenvalue weighted by Gasteiger charge is -2.13. The molecule has 0 fully saturated rings. The highest BCUT2D eigenvalue weighted by atomic mass is 79.9. The number of ether oxygens (including phenoxy) is 3. The van der Waals surface area contributed by atoms with Gasteiger partial charge in [0.1, 0.15) is 5.75 Å². The molecule has 0 saturated heterocycles. The SMILES string of the molecule is COc1cc(C)ccc1OCC(=O)NNC(=O)COc1c(C)cc(Br)cc1Br. The van der Waals surface area contributed by atoms with Crippen molar-refractivity contribution < 1.29 is 23.8 Å². The summed E-state index contributed by atoms with van der Waals surface area (Å²) in [5.74, 6) is 0.501. The van der Waals surface area contributed by atoms with E-state index in [1.54, 1.807) is 12.1 Å². The van der Waals surface area contributed by atoms with Gasteiger partial charge in [0.05, 0.1) is 11.6 Å². The van der Waals surface area contributed by atoms with Crippen LogP contribution in [0.15, 0.2) is 39.3 Å². The molecule has 2 N–H and O–H groups in total. The molecule has 0 heterocycles. The quantitative estimate of drug-likeness (QED) is 0.552. The lowest BCUT2D eigenvalue weighted by atomic mass is 10.2. The summed E-state index contributed by atoms with van der Waals surface area (Å²) in [4.78, 5) is 23.7. The van der Waals surface area contributed by atoms with Gasteiger partial charge in [-0.3, -0.25) is 20.4 Å². The van der Waals surface area contributed by atoms with Gasteiger partial charge >= 0.3 is 0 Å². The van der Waals surface area contributed by atoms with Crippen molar-refractivity contribution >= 4 is 43.7 Å². The minimum absolute atomic E-state index is 0.256. The Bertz CT molecular complexity index is 850. The summed E-state index contributed by atoms with van der Waals surface area (Å²) < 4.78 is 17.7. The van der Waals surface area contributed by atoms with E-state index in [2.05, 4.69) is 42.7 Å². The third-order valence-electron chi connectivity index (χ3n) is 3.56. The first kappa shape index (κ1) is 22.0. The van der Waals surface area contributed by atoms with Crippen molar-refractivity contribution in [2.45, 2.75) is 13.8 Å². The van der Waals surface area contributed by atoms with Crippen molar-refractivity contribution in [3.05, 3.63) is 50.4 Å². The van der Waals surface area contributed by atoms with Gasteiger partial charge in [-0.2, -0.15) is 0 Å². The second-order valence-electron chi connectivity index (χ2n) is 5.86. The van der Waals surface area contributed by atoms with Crippen molar-refractivity contribution in [1.82, 2.24) is 10.9 Å². The molecule has 2 aromatic carbocycles. The standard InChI is InChI=1S/C19H20Br2N2O5/c1-11-4-5-15(16(6-11)26-3)27-9-17(24)22-23-18(25)10-28-19-12(2)7-13(20)8-14(19)21/h4-8H,9-10H2,1-3H3,(H,22,24)(H,23,25). The minimum Gasteiger partial charge on any atom is -0.493 e. The molecule has 9 heteroatoms. The maximum Gasteiger partial charge on any atom is 0.276 e. The van der Waals surface area contributed by atoms with E-state index in [0.717, 1.165) is 20.1 Å². The second-order valence-corrected chi connectivity index (χ2v) is 7.63. The van der Waals surface area contributed by atoms with Gasteiger partial charge in [-0.05, 0) is 65.2 Å². The number of hydrogen-bond donors (Lipinski definition) is 2. The van der Waals surface area contributed by atoms with Crippen LogP contribution in [0.4, 0.5) is 0 Å². The number of halogens is 2. The Morgan fingerprint density at radius 1 is 0.929 bits per heavy atom. The van der Waals surface area contributed by atoms with Crippen LogP contribution in [-0.4, -0.2) is 32.1 Å². The summed E-state index contributed by atoms with van der Waals surface area (Å²) in [6.07, 6.45) is 0. The topological polar surface area (TPSA) is 85.9 Å². The molecule has 0 aliphatic heterocycles. The number of carbonyl (C=O) groups excluding carboxylic acids is 2. The van der Waals surface area contributed by atoms with Crippen molar-refractivity contribution in [1.29, 1.82) is 0 Å². The zero-order valence-corrected chi connectivity index (χ0v) is 18.8. The Morgan fingerprint density at radius 2 is 1.57 bits per heavy atom. The predicted octanol–water partition coefficient (Wildman–Crippen LogP) is 3.44. The number of rotatable bonds is 7. The van der Waals surface area contributed by atoms with Gasteiger partial charge in [-0.15, -0.1) is 0 Å². The summed E-state index contributed by atoms with van der Waals surface area (Å²) >= 11 is 6.77. The summed E-state index contributed by atoms with van der Waals surface area (Å²) in [7, 11) is 1.52. The fourth-order valence-corrected chi connectivity index (χ4v) is 3.81. The first-order chi connectivity index (χ1) is 13.3. The lowest BCUT2D eigenvalue weighted by molar-refractivity contribution is -0.131. The fraction of sp³-hybridized carbons (Fsp3) is 0.263. The third kappa shape index (κ3) is 6.42. The molecule has 0 radical (unpaired) electrons. The number of carbonyl (C=O) groups is 2. The lowest BCUT2D eigenvalue weighted by Crippen LogP contribution is -2.45. The molecule has 0 unspecified atom stereocenters. The number of amides is 2. The second kappa shape index (κ2) is 10.3. The summed E-state index contributed by atoms with van der Waals surface area (Å²) in [5, 5.41) is 0. The van der Waals surface area contributed by atoms with Gasteiger partial charge < -0.3 is 14.2 Å². The van der Waals surface area contributed by atoms with E-state index in [4.69, 9.17) is 14.2 Å². The number of nitrogens with one attached hydrogen (secondary N) is 2. The normalized spacial score (nSPS) is 10.2. The average molecular weight is 516 g/mol. The van der Waals surface area contributed by atoms with Crippen LogP contribution in [0.2, 0.25) is 0 Å². The van der Waals surface area contributed by atoms with Crippen LogP contribution in [0.3, 0.4) is 0 Å². The Morgan fingerprint density at radius 3 is 2.18 bits per heavy atom. The smallest absolute Gasteiger partial charge is 0.276 e.